The first-order chi connectivity index (χ1) is 13.1. The Morgan fingerprint density at radius 1 is 1.19 bits per heavy atom. The van der Waals surface area contributed by atoms with E-state index in [1.54, 1.807) is 7.11 Å². The number of carbonyl (C=O) groups excluding carboxylic acids is 1. The lowest BCUT2D eigenvalue weighted by atomic mass is 10.2. The predicted molar refractivity (Wildman–Crippen MR) is 110 cm³/mol. The average molecular weight is 401 g/mol. The molecule has 2 N–H and O–H groups in total. The van der Waals surface area contributed by atoms with Gasteiger partial charge in [0.2, 0.25) is 11.0 Å². The Bertz CT molecular complexity index is 914. The lowest BCUT2D eigenvalue weighted by molar-refractivity contribution is -0.118. The van der Waals surface area contributed by atoms with Gasteiger partial charge in [-0.25, -0.2) is 0 Å². The summed E-state index contributed by atoms with van der Waals surface area (Å²) < 4.78 is 5.93. The van der Waals surface area contributed by atoms with Crippen LogP contribution in [-0.2, 0) is 11.3 Å². The number of methoxy groups -OCH3 is 1. The van der Waals surface area contributed by atoms with E-state index >= 15 is 0 Å². The summed E-state index contributed by atoms with van der Waals surface area (Å²) >= 11 is 2.80. The van der Waals surface area contributed by atoms with E-state index in [9.17, 15) is 4.79 Å². The van der Waals surface area contributed by atoms with Gasteiger partial charge in [-0.15, -0.1) is 10.2 Å². The van der Waals surface area contributed by atoms with E-state index in [4.69, 9.17) is 4.74 Å². The Hall–Kier alpha value is -2.58. The Morgan fingerprint density at radius 3 is 2.85 bits per heavy atom. The molecule has 1 amide bonds. The summed E-state index contributed by atoms with van der Waals surface area (Å²) in [6, 6.07) is 15.7. The summed E-state index contributed by atoms with van der Waals surface area (Å²) in [7, 11) is 1.62. The van der Waals surface area contributed by atoms with Gasteiger partial charge < -0.3 is 15.4 Å². The number of aryl methyl sites for hydroxylation is 1. The van der Waals surface area contributed by atoms with Crippen molar-refractivity contribution in [3.05, 3.63) is 59.7 Å². The number of benzene rings is 2. The third-order valence-corrected chi connectivity index (χ3v) is 5.60. The first-order valence-electron chi connectivity index (χ1n) is 8.32. The van der Waals surface area contributed by atoms with E-state index in [1.165, 1.54) is 28.7 Å². The lowest BCUT2D eigenvalue weighted by Crippen LogP contribution is -2.24. The SMILES string of the molecule is COc1cccc(CNC(=O)CSc2nnc(Nc3cccc(C)c3)s2)c1. The molecule has 0 aliphatic heterocycles. The average Bonchev–Trinajstić information content (AvgIpc) is 3.12. The molecule has 0 unspecified atom stereocenters. The number of aromatic nitrogens is 2. The Morgan fingerprint density at radius 2 is 2.04 bits per heavy atom. The van der Waals surface area contributed by atoms with Crippen molar-refractivity contribution in [2.75, 3.05) is 18.2 Å². The molecule has 0 fully saturated rings. The molecule has 0 bridgehead atoms. The van der Waals surface area contributed by atoms with Crippen molar-refractivity contribution in [2.45, 2.75) is 17.8 Å². The van der Waals surface area contributed by atoms with Gasteiger partial charge in [0, 0.05) is 12.2 Å². The molecule has 3 rings (SSSR count). The van der Waals surface area contributed by atoms with E-state index in [0.29, 0.717) is 17.4 Å². The number of hydrogen-bond donors (Lipinski definition) is 2. The molecule has 0 aliphatic carbocycles. The normalized spacial score (nSPS) is 10.4. The quantitative estimate of drug-likeness (QED) is 0.557. The molecule has 0 aliphatic rings. The second-order valence-corrected chi connectivity index (χ2v) is 7.98. The van der Waals surface area contributed by atoms with Crippen LogP contribution >= 0.6 is 23.1 Å². The van der Waals surface area contributed by atoms with Crippen LogP contribution in [0.5, 0.6) is 5.75 Å². The molecule has 0 atom stereocenters. The number of hydrogen-bond acceptors (Lipinski definition) is 7. The van der Waals surface area contributed by atoms with Crippen LogP contribution in [0.4, 0.5) is 10.8 Å². The number of nitrogens with one attached hydrogen (secondary N) is 2. The fourth-order valence-electron chi connectivity index (χ4n) is 2.33. The molecular weight excluding hydrogens is 380 g/mol. The largest absolute Gasteiger partial charge is 0.497 e. The van der Waals surface area contributed by atoms with Crippen LogP contribution in [0.25, 0.3) is 0 Å². The van der Waals surface area contributed by atoms with Crippen LogP contribution in [0.15, 0.2) is 52.9 Å². The summed E-state index contributed by atoms with van der Waals surface area (Å²) in [5.41, 5.74) is 3.14. The summed E-state index contributed by atoms with van der Waals surface area (Å²) in [4.78, 5) is 12.1. The number of amides is 1. The van der Waals surface area contributed by atoms with E-state index in [1.807, 2.05) is 55.5 Å². The molecule has 2 aromatic carbocycles. The lowest BCUT2D eigenvalue weighted by Gasteiger charge is -2.06. The molecule has 0 spiro atoms. The molecule has 8 heteroatoms. The van der Waals surface area contributed by atoms with Crippen molar-refractivity contribution in [2.24, 2.45) is 0 Å². The van der Waals surface area contributed by atoms with Gasteiger partial charge >= 0.3 is 0 Å². The zero-order valence-electron chi connectivity index (χ0n) is 15.1. The van der Waals surface area contributed by atoms with Crippen molar-refractivity contribution in [3.63, 3.8) is 0 Å². The smallest absolute Gasteiger partial charge is 0.230 e. The second-order valence-electron chi connectivity index (χ2n) is 5.78. The molecule has 140 valence electrons. The molecule has 0 saturated heterocycles. The Kier molecular flexibility index (Phi) is 6.67. The zero-order valence-corrected chi connectivity index (χ0v) is 16.7. The number of rotatable bonds is 8. The fraction of sp³-hybridized carbons (Fsp3) is 0.211. The summed E-state index contributed by atoms with van der Waals surface area (Å²) in [6.45, 7) is 2.50. The van der Waals surface area contributed by atoms with Crippen LogP contribution in [0, 0.1) is 6.92 Å². The summed E-state index contributed by atoms with van der Waals surface area (Å²) in [5.74, 6) is 1.02. The Balaban J connectivity index is 1.45. The van der Waals surface area contributed by atoms with E-state index in [-0.39, 0.29) is 5.91 Å². The van der Waals surface area contributed by atoms with Gasteiger partial charge in [0.15, 0.2) is 4.34 Å². The van der Waals surface area contributed by atoms with Crippen LogP contribution < -0.4 is 15.4 Å². The van der Waals surface area contributed by atoms with Crippen LogP contribution in [0.1, 0.15) is 11.1 Å². The molecule has 3 aromatic rings. The number of thioether (sulfide) groups is 1. The number of ether oxygens (including phenoxy) is 1. The van der Waals surface area contributed by atoms with Gasteiger partial charge in [0.25, 0.3) is 0 Å². The molecule has 27 heavy (non-hydrogen) atoms. The molecule has 6 nitrogen and oxygen atoms in total. The van der Waals surface area contributed by atoms with Crippen molar-refractivity contribution >= 4 is 39.8 Å². The van der Waals surface area contributed by atoms with Crippen molar-refractivity contribution in [1.29, 1.82) is 0 Å². The van der Waals surface area contributed by atoms with Crippen molar-refractivity contribution in [3.8, 4) is 5.75 Å². The first kappa shape index (κ1) is 19.2. The topological polar surface area (TPSA) is 76.1 Å². The minimum atomic E-state index is -0.0498. The van der Waals surface area contributed by atoms with Crippen molar-refractivity contribution < 1.29 is 9.53 Å². The maximum atomic E-state index is 12.1. The van der Waals surface area contributed by atoms with Crippen LogP contribution in [-0.4, -0.2) is 29.0 Å². The van der Waals surface area contributed by atoms with Gasteiger partial charge in [-0.2, -0.15) is 0 Å². The Labute approximate surface area is 166 Å². The summed E-state index contributed by atoms with van der Waals surface area (Å²) in [5, 5.41) is 15.1. The number of carbonyl (C=O) groups is 1. The molecule has 0 radical (unpaired) electrons. The van der Waals surface area contributed by atoms with Gasteiger partial charge in [-0.1, -0.05) is 47.4 Å². The van der Waals surface area contributed by atoms with Crippen LogP contribution in [0.2, 0.25) is 0 Å². The minimum Gasteiger partial charge on any atom is -0.497 e. The third-order valence-electron chi connectivity index (χ3n) is 3.63. The molecule has 0 saturated carbocycles. The van der Waals surface area contributed by atoms with Gasteiger partial charge in [0.1, 0.15) is 5.75 Å². The summed E-state index contributed by atoms with van der Waals surface area (Å²) in [6.07, 6.45) is 0. The van der Waals surface area contributed by atoms with E-state index in [0.717, 1.165) is 21.3 Å². The van der Waals surface area contributed by atoms with Crippen molar-refractivity contribution in [1.82, 2.24) is 15.5 Å². The standard InChI is InChI=1S/C19H20N4O2S2/c1-13-5-3-7-15(9-13)21-18-22-23-19(27-18)26-12-17(24)20-11-14-6-4-8-16(10-14)25-2/h3-10H,11-12H2,1-2H3,(H,20,24)(H,21,22). The number of nitrogens with zero attached hydrogens (tertiary/aromatic N) is 2. The van der Waals surface area contributed by atoms with E-state index in [2.05, 4.69) is 20.8 Å². The molecular formula is C19H20N4O2S2. The predicted octanol–water partition coefficient (Wildman–Crippen LogP) is 4.01. The highest BCUT2D eigenvalue weighted by atomic mass is 32.2. The van der Waals surface area contributed by atoms with Gasteiger partial charge in [0.05, 0.1) is 12.9 Å². The highest BCUT2D eigenvalue weighted by Crippen LogP contribution is 2.27. The van der Waals surface area contributed by atoms with Gasteiger partial charge in [-0.3, -0.25) is 4.79 Å². The second kappa shape index (κ2) is 9.38. The first-order valence-corrected chi connectivity index (χ1v) is 10.1. The zero-order chi connectivity index (χ0) is 19.1. The monoisotopic (exact) mass is 400 g/mol. The van der Waals surface area contributed by atoms with Gasteiger partial charge in [-0.05, 0) is 42.3 Å². The highest BCUT2D eigenvalue weighted by molar-refractivity contribution is 8.01. The molecule has 1 aromatic heterocycles. The fourth-order valence-corrected chi connectivity index (χ4v) is 3.93. The minimum absolute atomic E-state index is 0.0498. The number of anilines is 2. The van der Waals surface area contributed by atoms with E-state index < -0.39 is 0 Å². The van der Waals surface area contributed by atoms with Crippen LogP contribution in [0.3, 0.4) is 0 Å². The molecule has 1 heterocycles. The highest BCUT2D eigenvalue weighted by Gasteiger charge is 2.09. The maximum Gasteiger partial charge on any atom is 0.230 e. The maximum absolute atomic E-state index is 12.1. The third kappa shape index (κ3) is 5.97.